The summed E-state index contributed by atoms with van der Waals surface area (Å²) in [5.74, 6) is 0. The topological polar surface area (TPSA) is 68.7 Å². The van der Waals surface area contributed by atoms with E-state index < -0.39 is 6.09 Å². The van der Waals surface area contributed by atoms with E-state index in [1.807, 2.05) is 12.3 Å². The van der Waals surface area contributed by atoms with Crippen molar-refractivity contribution in [3.05, 3.63) is 29.6 Å². The molecule has 1 aliphatic carbocycles. The van der Waals surface area contributed by atoms with Gasteiger partial charge in [0.2, 0.25) is 0 Å². The molecule has 120 valence electrons. The third kappa shape index (κ3) is 3.08. The van der Waals surface area contributed by atoms with Gasteiger partial charge in [0.1, 0.15) is 0 Å². The first-order chi connectivity index (χ1) is 10.7. The van der Waals surface area contributed by atoms with Crippen LogP contribution >= 0.6 is 0 Å². The second-order valence-corrected chi connectivity index (χ2v) is 6.23. The summed E-state index contributed by atoms with van der Waals surface area (Å²) in [6.07, 6.45) is 4.39. The first-order valence-corrected chi connectivity index (χ1v) is 8.01. The number of nitrogens with zero attached hydrogens (tertiary/aromatic N) is 3. The molecule has 1 aromatic heterocycles. The molecule has 0 radical (unpaired) electrons. The molecule has 0 saturated carbocycles. The van der Waals surface area contributed by atoms with Crippen molar-refractivity contribution in [3.63, 3.8) is 0 Å². The fraction of sp³-hybridized carbons (Fsp3) is 0.625. The van der Waals surface area contributed by atoms with Crippen LogP contribution in [0.5, 0.6) is 0 Å². The van der Waals surface area contributed by atoms with Gasteiger partial charge >= 0.3 is 6.09 Å². The largest absolute Gasteiger partial charge is 0.465 e. The zero-order valence-electron chi connectivity index (χ0n) is 13.0. The maximum atomic E-state index is 11.4. The van der Waals surface area contributed by atoms with E-state index >= 15 is 0 Å². The lowest BCUT2D eigenvalue weighted by Gasteiger charge is -2.39. The fourth-order valence-corrected chi connectivity index (χ4v) is 3.65. The van der Waals surface area contributed by atoms with Gasteiger partial charge in [-0.3, -0.25) is 9.88 Å². The Morgan fingerprint density at radius 2 is 2.45 bits per heavy atom. The highest BCUT2D eigenvalue weighted by molar-refractivity contribution is 5.65. The number of piperazine rings is 1. The van der Waals surface area contributed by atoms with E-state index in [1.165, 1.54) is 17.7 Å². The fourth-order valence-electron chi connectivity index (χ4n) is 3.65. The zero-order valence-corrected chi connectivity index (χ0v) is 13.0. The molecule has 1 fully saturated rings. The second-order valence-electron chi connectivity index (χ2n) is 6.23. The standard InChI is InChI=1S/C16H24N4O2/c1-19(11-13-10-17-8-9-20(13)16(21)22)14-6-2-4-12-5-3-7-18-15(12)14/h3,5,7,13-14,17H,2,4,6,8-11H2,1H3,(H,21,22)/t13-,14-/m0/s1. The molecule has 2 heterocycles. The molecular formula is C16H24N4O2. The second kappa shape index (κ2) is 6.62. The smallest absolute Gasteiger partial charge is 0.407 e. The van der Waals surface area contributed by atoms with Crippen molar-refractivity contribution in [3.8, 4) is 0 Å². The highest BCUT2D eigenvalue weighted by Gasteiger charge is 2.31. The molecule has 6 heteroatoms. The maximum absolute atomic E-state index is 11.4. The number of aryl methyl sites for hydroxylation is 1. The highest BCUT2D eigenvalue weighted by Crippen LogP contribution is 2.32. The van der Waals surface area contributed by atoms with Crippen molar-refractivity contribution >= 4 is 6.09 Å². The Bertz CT molecular complexity index is 537. The van der Waals surface area contributed by atoms with E-state index in [4.69, 9.17) is 0 Å². The molecule has 1 amide bonds. The van der Waals surface area contributed by atoms with Crippen LogP contribution in [0.2, 0.25) is 0 Å². The average Bonchev–Trinajstić information content (AvgIpc) is 2.54. The van der Waals surface area contributed by atoms with E-state index in [-0.39, 0.29) is 6.04 Å². The number of likely N-dealkylation sites (N-methyl/N-ethyl adjacent to an activating group) is 1. The Hall–Kier alpha value is -1.66. The Kier molecular flexibility index (Phi) is 4.59. The summed E-state index contributed by atoms with van der Waals surface area (Å²) < 4.78 is 0. The normalized spacial score (nSPS) is 25.1. The van der Waals surface area contributed by atoms with Gasteiger partial charge in [-0.25, -0.2) is 4.79 Å². The van der Waals surface area contributed by atoms with Crippen molar-refractivity contribution < 1.29 is 9.90 Å². The molecule has 0 aromatic carbocycles. The van der Waals surface area contributed by atoms with Gasteiger partial charge in [-0.1, -0.05) is 6.07 Å². The van der Waals surface area contributed by atoms with E-state index in [1.54, 1.807) is 4.90 Å². The van der Waals surface area contributed by atoms with Gasteiger partial charge in [-0.05, 0) is 37.9 Å². The summed E-state index contributed by atoms with van der Waals surface area (Å²) in [7, 11) is 2.09. The number of hydrogen-bond donors (Lipinski definition) is 2. The minimum Gasteiger partial charge on any atom is -0.465 e. The molecule has 1 saturated heterocycles. The summed E-state index contributed by atoms with van der Waals surface area (Å²) in [4.78, 5) is 19.8. The quantitative estimate of drug-likeness (QED) is 0.882. The number of nitrogens with one attached hydrogen (secondary N) is 1. The van der Waals surface area contributed by atoms with Crippen LogP contribution in [0.25, 0.3) is 0 Å². The predicted molar refractivity (Wildman–Crippen MR) is 83.9 cm³/mol. The zero-order chi connectivity index (χ0) is 15.5. The van der Waals surface area contributed by atoms with E-state index in [9.17, 15) is 9.90 Å². The number of pyridine rings is 1. The van der Waals surface area contributed by atoms with Gasteiger partial charge in [0.25, 0.3) is 0 Å². The minimum absolute atomic E-state index is 0.00494. The summed E-state index contributed by atoms with van der Waals surface area (Å²) in [5.41, 5.74) is 2.50. The van der Waals surface area contributed by atoms with Crippen molar-refractivity contribution in [2.75, 3.05) is 33.2 Å². The molecule has 0 spiro atoms. The first kappa shape index (κ1) is 15.2. The maximum Gasteiger partial charge on any atom is 0.407 e. The summed E-state index contributed by atoms with van der Waals surface area (Å²) in [6.45, 7) is 2.76. The van der Waals surface area contributed by atoms with Gasteiger partial charge in [-0.2, -0.15) is 0 Å². The number of carbonyl (C=O) groups is 1. The van der Waals surface area contributed by atoms with Gasteiger partial charge in [0, 0.05) is 32.4 Å². The summed E-state index contributed by atoms with van der Waals surface area (Å²) >= 11 is 0. The van der Waals surface area contributed by atoms with Gasteiger partial charge in [0.15, 0.2) is 0 Å². The highest BCUT2D eigenvalue weighted by atomic mass is 16.4. The van der Waals surface area contributed by atoms with Crippen LogP contribution in [0.4, 0.5) is 4.79 Å². The monoisotopic (exact) mass is 304 g/mol. The van der Waals surface area contributed by atoms with Crippen LogP contribution in [-0.4, -0.2) is 65.3 Å². The Morgan fingerprint density at radius 3 is 3.27 bits per heavy atom. The molecule has 0 unspecified atom stereocenters. The van der Waals surface area contributed by atoms with E-state index in [2.05, 4.69) is 28.3 Å². The lowest BCUT2D eigenvalue weighted by atomic mass is 9.91. The number of carboxylic acid groups (broad SMARTS) is 1. The molecule has 2 N–H and O–H groups in total. The van der Waals surface area contributed by atoms with Crippen LogP contribution in [0.1, 0.15) is 30.1 Å². The minimum atomic E-state index is -0.818. The van der Waals surface area contributed by atoms with Crippen LogP contribution < -0.4 is 5.32 Å². The molecule has 2 atom stereocenters. The van der Waals surface area contributed by atoms with Crippen LogP contribution in [0, 0.1) is 0 Å². The SMILES string of the molecule is CN(C[C@@H]1CNCCN1C(=O)O)[C@H]1CCCc2cccnc21. The lowest BCUT2D eigenvalue weighted by molar-refractivity contribution is 0.0864. The Labute approximate surface area is 131 Å². The molecule has 2 aliphatic rings. The van der Waals surface area contributed by atoms with Gasteiger partial charge < -0.3 is 15.3 Å². The third-order valence-corrected chi connectivity index (χ3v) is 4.79. The molecular weight excluding hydrogens is 280 g/mol. The molecule has 22 heavy (non-hydrogen) atoms. The molecule has 6 nitrogen and oxygen atoms in total. The number of fused-ring (bicyclic) bond motifs is 1. The third-order valence-electron chi connectivity index (χ3n) is 4.79. The van der Waals surface area contributed by atoms with E-state index in [0.717, 1.165) is 32.5 Å². The first-order valence-electron chi connectivity index (χ1n) is 8.01. The van der Waals surface area contributed by atoms with Crippen molar-refractivity contribution in [2.45, 2.75) is 31.3 Å². The predicted octanol–water partition coefficient (Wildman–Crippen LogP) is 1.34. The van der Waals surface area contributed by atoms with Crippen molar-refractivity contribution in [1.29, 1.82) is 0 Å². The van der Waals surface area contributed by atoms with Crippen LogP contribution in [0.3, 0.4) is 0 Å². The van der Waals surface area contributed by atoms with E-state index in [0.29, 0.717) is 12.6 Å². The number of hydrogen-bond acceptors (Lipinski definition) is 4. The summed E-state index contributed by atoms with van der Waals surface area (Å²) in [6, 6.07) is 4.46. The molecule has 0 bridgehead atoms. The molecule has 1 aromatic rings. The van der Waals surface area contributed by atoms with Crippen LogP contribution in [0.15, 0.2) is 18.3 Å². The summed E-state index contributed by atoms with van der Waals surface area (Å²) in [5, 5.41) is 12.7. The van der Waals surface area contributed by atoms with Crippen molar-refractivity contribution in [2.24, 2.45) is 0 Å². The van der Waals surface area contributed by atoms with Gasteiger partial charge in [0.05, 0.1) is 17.8 Å². The average molecular weight is 304 g/mol. The molecule has 3 rings (SSSR count). The lowest BCUT2D eigenvalue weighted by Crippen LogP contribution is -2.57. The number of amides is 1. The van der Waals surface area contributed by atoms with Crippen LogP contribution in [-0.2, 0) is 6.42 Å². The number of rotatable bonds is 3. The Balaban J connectivity index is 1.72. The number of aromatic nitrogens is 1. The Morgan fingerprint density at radius 1 is 1.59 bits per heavy atom. The van der Waals surface area contributed by atoms with Gasteiger partial charge in [-0.15, -0.1) is 0 Å². The molecule has 1 aliphatic heterocycles. The van der Waals surface area contributed by atoms with Crippen molar-refractivity contribution in [1.82, 2.24) is 20.1 Å².